The molecule has 2 N–H and O–H groups in total. The fourth-order valence-electron chi connectivity index (χ4n) is 2.13. The number of ether oxygens (including phenoxy) is 1. The second-order valence-corrected chi connectivity index (χ2v) is 5.98. The predicted octanol–water partition coefficient (Wildman–Crippen LogP) is 2.48. The molecule has 0 aliphatic heterocycles. The highest BCUT2D eigenvalue weighted by Crippen LogP contribution is 2.16. The monoisotopic (exact) mass is 349 g/mol. The van der Waals surface area contributed by atoms with E-state index in [4.69, 9.17) is 16.3 Å². The number of benzene rings is 1. The van der Waals surface area contributed by atoms with Crippen LogP contribution in [0.4, 0.5) is 0 Å². The Balaban J connectivity index is 1.69. The fraction of sp³-hybridized carbons (Fsp3) is 0.412. The van der Waals surface area contributed by atoms with Crippen LogP contribution in [-0.2, 0) is 6.54 Å². The number of rotatable bonds is 7. The molecule has 1 aromatic carbocycles. The second-order valence-electron chi connectivity index (χ2n) is 5.54. The lowest BCUT2D eigenvalue weighted by atomic mass is 10.3. The molecular formula is C17H24ClN5O. The summed E-state index contributed by atoms with van der Waals surface area (Å²) in [4.78, 5) is 4.21. The highest BCUT2D eigenvalue weighted by atomic mass is 35.5. The summed E-state index contributed by atoms with van der Waals surface area (Å²) in [5.74, 6) is 1.54. The molecule has 2 aromatic rings. The summed E-state index contributed by atoms with van der Waals surface area (Å²) < 4.78 is 7.73. The summed E-state index contributed by atoms with van der Waals surface area (Å²) in [6, 6.07) is 7.35. The summed E-state index contributed by atoms with van der Waals surface area (Å²) in [5.41, 5.74) is 1.16. The molecule has 0 radical (unpaired) electrons. The Hall–Kier alpha value is -2.21. The smallest absolute Gasteiger partial charge is 0.191 e. The van der Waals surface area contributed by atoms with Crippen LogP contribution in [0.1, 0.15) is 12.5 Å². The predicted molar refractivity (Wildman–Crippen MR) is 97.9 cm³/mol. The molecule has 0 spiro atoms. The zero-order valence-electron chi connectivity index (χ0n) is 14.3. The van der Waals surface area contributed by atoms with E-state index in [9.17, 15) is 0 Å². The van der Waals surface area contributed by atoms with Gasteiger partial charge in [0.2, 0.25) is 0 Å². The number of hydrogen-bond donors (Lipinski definition) is 2. The van der Waals surface area contributed by atoms with Gasteiger partial charge in [-0.25, -0.2) is 0 Å². The number of aryl methyl sites for hydroxylation is 1. The summed E-state index contributed by atoms with van der Waals surface area (Å²) in [5, 5.41) is 11.5. The average molecular weight is 350 g/mol. The number of aromatic nitrogens is 2. The second kappa shape index (κ2) is 9.17. The Kier molecular flexibility index (Phi) is 6.93. The molecule has 1 unspecified atom stereocenters. The van der Waals surface area contributed by atoms with E-state index in [1.807, 2.05) is 55.2 Å². The van der Waals surface area contributed by atoms with E-state index < -0.39 is 0 Å². The zero-order valence-corrected chi connectivity index (χ0v) is 15.0. The maximum atomic E-state index is 5.87. The number of nitrogens with zero attached hydrogens (tertiary/aromatic N) is 3. The van der Waals surface area contributed by atoms with E-state index in [0.717, 1.165) is 30.4 Å². The maximum absolute atomic E-state index is 5.87. The number of aliphatic imine (C=N–C) groups is 1. The topological polar surface area (TPSA) is 63.5 Å². The van der Waals surface area contributed by atoms with Crippen molar-refractivity contribution in [3.8, 4) is 5.75 Å². The van der Waals surface area contributed by atoms with Gasteiger partial charge in [0.15, 0.2) is 5.96 Å². The highest BCUT2D eigenvalue weighted by molar-refractivity contribution is 6.30. The maximum Gasteiger partial charge on any atom is 0.191 e. The first-order valence-electron chi connectivity index (χ1n) is 7.92. The van der Waals surface area contributed by atoms with Crippen LogP contribution in [0.25, 0.3) is 0 Å². The van der Waals surface area contributed by atoms with Gasteiger partial charge in [0.05, 0.1) is 19.3 Å². The molecule has 24 heavy (non-hydrogen) atoms. The first-order chi connectivity index (χ1) is 11.6. The van der Waals surface area contributed by atoms with E-state index in [1.165, 1.54) is 0 Å². The van der Waals surface area contributed by atoms with Gasteiger partial charge in [0, 0.05) is 24.8 Å². The standard InChI is InChI=1S/C17H24ClN5O/c1-13-10-22-23(12-13)9-8-20-17(19-3)21-11-14(2)24-16-6-4-15(18)5-7-16/h4-7,10,12,14H,8-9,11H2,1-3H3,(H2,19,20,21). The van der Waals surface area contributed by atoms with Gasteiger partial charge in [-0.1, -0.05) is 11.6 Å². The van der Waals surface area contributed by atoms with E-state index in [2.05, 4.69) is 20.7 Å². The Morgan fingerprint density at radius 3 is 2.71 bits per heavy atom. The van der Waals surface area contributed by atoms with E-state index in [-0.39, 0.29) is 6.10 Å². The largest absolute Gasteiger partial charge is 0.489 e. The molecule has 0 saturated heterocycles. The molecular weight excluding hydrogens is 326 g/mol. The minimum atomic E-state index is -0.00140. The molecule has 0 bridgehead atoms. The van der Waals surface area contributed by atoms with Crippen molar-refractivity contribution in [3.05, 3.63) is 47.2 Å². The Labute approximate surface area is 147 Å². The van der Waals surface area contributed by atoms with Crippen LogP contribution in [0.3, 0.4) is 0 Å². The van der Waals surface area contributed by atoms with Crippen molar-refractivity contribution in [1.29, 1.82) is 0 Å². The van der Waals surface area contributed by atoms with Crippen LogP contribution in [0.2, 0.25) is 5.02 Å². The molecule has 2 rings (SSSR count). The van der Waals surface area contributed by atoms with Crippen LogP contribution in [-0.4, -0.2) is 42.0 Å². The minimum absolute atomic E-state index is 0.00140. The number of hydrogen-bond acceptors (Lipinski definition) is 3. The SMILES string of the molecule is CN=C(NCCn1cc(C)cn1)NCC(C)Oc1ccc(Cl)cc1. The Morgan fingerprint density at radius 2 is 2.08 bits per heavy atom. The van der Waals surface area contributed by atoms with Gasteiger partial charge in [0.25, 0.3) is 0 Å². The van der Waals surface area contributed by atoms with Crippen LogP contribution < -0.4 is 15.4 Å². The first kappa shape index (κ1) is 18.1. The molecule has 0 fully saturated rings. The van der Waals surface area contributed by atoms with Gasteiger partial charge < -0.3 is 15.4 Å². The lowest BCUT2D eigenvalue weighted by Crippen LogP contribution is -2.42. The third-order valence-electron chi connectivity index (χ3n) is 3.33. The van der Waals surface area contributed by atoms with Crippen molar-refractivity contribution in [2.75, 3.05) is 20.1 Å². The van der Waals surface area contributed by atoms with Gasteiger partial charge in [-0.15, -0.1) is 0 Å². The minimum Gasteiger partial charge on any atom is -0.489 e. The molecule has 6 nitrogen and oxygen atoms in total. The Morgan fingerprint density at radius 1 is 1.33 bits per heavy atom. The molecule has 1 heterocycles. The number of nitrogens with one attached hydrogen (secondary N) is 2. The van der Waals surface area contributed by atoms with Gasteiger partial charge in [-0.2, -0.15) is 5.10 Å². The molecule has 0 aliphatic carbocycles. The lowest BCUT2D eigenvalue weighted by molar-refractivity contribution is 0.224. The number of halogens is 1. The normalized spacial score (nSPS) is 12.8. The van der Waals surface area contributed by atoms with Crippen LogP contribution >= 0.6 is 11.6 Å². The molecule has 1 aromatic heterocycles. The van der Waals surface area contributed by atoms with Gasteiger partial charge >= 0.3 is 0 Å². The third-order valence-corrected chi connectivity index (χ3v) is 3.58. The molecule has 0 saturated carbocycles. The number of guanidine groups is 1. The molecule has 0 aliphatic rings. The fourth-order valence-corrected chi connectivity index (χ4v) is 2.25. The first-order valence-corrected chi connectivity index (χ1v) is 8.30. The van der Waals surface area contributed by atoms with Crippen LogP contribution in [0.15, 0.2) is 41.7 Å². The molecule has 7 heteroatoms. The van der Waals surface area contributed by atoms with Gasteiger partial charge in [0.1, 0.15) is 11.9 Å². The van der Waals surface area contributed by atoms with E-state index in [0.29, 0.717) is 11.6 Å². The van der Waals surface area contributed by atoms with Crippen molar-refractivity contribution < 1.29 is 4.74 Å². The van der Waals surface area contributed by atoms with Gasteiger partial charge in [-0.05, 0) is 43.7 Å². The van der Waals surface area contributed by atoms with Crippen molar-refractivity contribution in [2.24, 2.45) is 4.99 Å². The summed E-state index contributed by atoms with van der Waals surface area (Å²) >= 11 is 5.87. The lowest BCUT2D eigenvalue weighted by Gasteiger charge is -2.17. The highest BCUT2D eigenvalue weighted by Gasteiger charge is 2.06. The molecule has 0 amide bonds. The van der Waals surface area contributed by atoms with Crippen LogP contribution in [0, 0.1) is 6.92 Å². The molecule has 1 atom stereocenters. The van der Waals surface area contributed by atoms with Crippen molar-refractivity contribution in [3.63, 3.8) is 0 Å². The Bertz CT molecular complexity index is 653. The summed E-state index contributed by atoms with van der Waals surface area (Å²) in [7, 11) is 1.75. The van der Waals surface area contributed by atoms with Crippen molar-refractivity contribution in [2.45, 2.75) is 26.5 Å². The summed E-state index contributed by atoms with van der Waals surface area (Å²) in [6.45, 7) is 6.20. The van der Waals surface area contributed by atoms with Crippen LogP contribution in [0.5, 0.6) is 5.75 Å². The average Bonchev–Trinajstić information content (AvgIpc) is 2.98. The van der Waals surface area contributed by atoms with E-state index in [1.54, 1.807) is 7.05 Å². The third kappa shape index (κ3) is 6.12. The van der Waals surface area contributed by atoms with Gasteiger partial charge in [-0.3, -0.25) is 9.67 Å². The van der Waals surface area contributed by atoms with E-state index >= 15 is 0 Å². The summed E-state index contributed by atoms with van der Waals surface area (Å²) in [6.07, 6.45) is 3.86. The quantitative estimate of drug-likeness (QED) is 0.595. The molecule has 130 valence electrons. The zero-order chi connectivity index (χ0) is 17.4. The van der Waals surface area contributed by atoms with Crippen molar-refractivity contribution in [1.82, 2.24) is 20.4 Å². The van der Waals surface area contributed by atoms with Crippen molar-refractivity contribution >= 4 is 17.6 Å².